The minimum Gasteiger partial charge on any atom is -0.347 e. The fourth-order valence-electron chi connectivity index (χ4n) is 2.69. The van der Waals surface area contributed by atoms with Crippen molar-refractivity contribution in [2.24, 2.45) is 0 Å². The summed E-state index contributed by atoms with van der Waals surface area (Å²) in [4.78, 5) is 13.7. The molecule has 4 nitrogen and oxygen atoms in total. The number of hydrogen-bond donors (Lipinski definition) is 0. The molecule has 0 saturated carbocycles. The van der Waals surface area contributed by atoms with Crippen LogP contribution >= 0.6 is 22.6 Å². The van der Waals surface area contributed by atoms with Crippen molar-refractivity contribution in [2.45, 2.75) is 45.2 Å². The van der Waals surface area contributed by atoms with Crippen molar-refractivity contribution in [3.8, 4) is 0 Å². The highest BCUT2D eigenvalue weighted by Gasteiger charge is 2.28. The second-order valence-corrected chi connectivity index (χ2v) is 6.80. The van der Waals surface area contributed by atoms with E-state index in [0.29, 0.717) is 12.1 Å². The summed E-state index contributed by atoms with van der Waals surface area (Å²) in [5.41, 5.74) is 1.20. The molecule has 0 unspecified atom stereocenters. The van der Waals surface area contributed by atoms with Crippen molar-refractivity contribution in [3.05, 3.63) is 15.5 Å². The highest BCUT2D eigenvalue weighted by atomic mass is 127. The van der Waals surface area contributed by atoms with Gasteiger partial charge in [0.25, 0.3) is 0 Å². The Hall–Kier alpha value is -0.430. The quantitative estimate of drug-likeness (QED) is 0.762. The van der Waals surface area contributed by atoms with Crippen molar-refractivity contribution in [1.29, 1.82) is 0 Å². The molecule has 2 rings (SSSR count). The van der Waals surface area contributed by atoms with Gasteiger partial charge in [0.2, 0.25) is 5.95 Å². The third-order valence-corrected chi connectivity index (χ3v) is 4.51. The molecule has 0 aromatic carbocycles. The van der Waals surface area contributed by atoms with E-state index < -0.39 is 0 Å². The van der Waals surface area contributed by atoms with Gasteiger partial charge in [-0.15, -0.1) is 0 Å². The van der Waals surface area contributed by atoms with E-state index >= 15 is 0 Å². The third-order valence-electron chi connectivity index (χ3n) is 3.68. The van der Waals surface area contributed by atoms with E-state index in [1.165, 1.54) is 35.1 Å². The van der Waals surface area contributed by atoms with E-state index in [4.69, 9.17) is 4.98 Å². The molecule has 19 heavy (non-hydrogen) atoms. The fourth-order valence-corrected chi connectivity index (χ4v) is 3.30. The number of halogens is 1. The first-order valence-corrected chi connectivity index (χ1v) is 8.04. The van der Waals surface area contributed by atoms with Crippen molar-refractivity contribution in [2.75, 3.05) is 25.5 Å². The Kier molecular flexibility index (Phi) is 5.00. The summed E-state index contributed by atoms with van der Waals surface area (Å²) in [6, 6.07) is 1.02. The maximum atomic E-state index is 4.79. The Morgan fingerprint density at radius 1 is 1.37 bits per heavy atom. The van der Waals surface area contributed by atoms with Crippen molar-refractivity contribution in [3.63, 3.8) is 0 Å². The minimum absolute atomic E-state index is 0.447. The number of piperidine rings is 1. The first-order valence-electron chi connectivity index (χ1n) is 6.96. The molecular formula is C14H23IN4. The molecule has 5 heteroatoms. The van der Waals surface area contributed by atoms with Crippen LogP contribution in [0.2, 0.25) is 0 Å². The lowest BCUT2D eigenvalue weighted by Gasteiger charge is -2.38. The molecule has 1 atom stereocenters. The van der Waals surface area contributed by atoms with E-state index in [9.17, 15) is 0 Å². The van der Waals surface area contributed by atoms with Crippen LogP contribution in [0.3, 0.4) is 0 Å². The van der Waals surface area contributed by atoms with Crippen LogP contribution in [0, 0.1) is 3.57 Å². The monoisotopic (exact) mass is 374 g/mol. The van der Waals surface area contributed by atoms with Gasteiger partial charge >= 0.3 is 0 Å². The minimum atomic E-state index is 0.447. The summed E-state index contributed by atoms with van der Waals surface area (Å²) in [5, 5.41) is 0. The van der Waals surface area contributed by atoms with E-state index in [1.54, 1.807) is 0 Å². The maximum absolute atomic E-state index is 4.79. The Morgan fingerprint density at radius 3 is 2.74 bits per heavy atom. The number of hydrogen-bond acceptors (Lipinski definition) is 4. The van der Waals surface area contributed by atoms with Crippen molar-refractivity contribution in [1.82, 2.24) is 14.9 Å². The summed E-state index contributed by atoms with van der Waals surface area (Å²) in [6.45, 7) is 5.73. The summed E-state index contributed by atoms with van der Waals surface area (Å²) >= 11 is 2.37. The molecule has 0 radical (unpaired) electrons. The molecule has 1 fully saturated rings. The van der Waals surface area contributed by atoms with Crippen LogP contribution in [0.1, 0.15) is 44.8 Å². The second-order valence-electron chi connectivity index (χ2n) is 5.64. The van der Waals surface area contributed by atoms with Gasteiger partial charge in [-0.2, -0.15) is 0 Å². The molecule has 106 valence electrons. The summed E-state index contributed by atoms with van der Waals surface area (Å²) in [7, 11) is 3.99. The average Bonchev–Trinajstić information content (AvgIpc) is 2.39. The second kappa shape index (κ2) is 6.35. The highest BCUT2D eigenvalue weighted by molar-refractivity contribution is 14.1. The number of rotatable bonds is 3. The van der Waals surface area contributed by atoms with Crippen LogP contribution in [0.25, 0.3) is 0 Å². The molecule has 1 aliphatic rings. The molecule has 1 saturated heterocycles. The first kappa shape index (κ1) is 15.0. The highest BCUT2D eigenvalue weighted by Crippen LogP contribution is 2.33. The van der Waals surface area contributed by atoms with E-state index in [0.717, 1.165) is 5.95 Å². The van der Waals surface area contributed by atoms with Gasteiger partial charge in [0.1, 0.15) is 0 Å². The summed E-state index contributed by atoms with van der Waals surface area (Å²) in [5.74, 6) is 0.810. The van der Waals surface area contributed by atoms with E-state index in [2.05, 4.69) is 46.3 Å². The molecule has 0 bridgehead atoms. The molecule has 0 N–H and O–H groups in total. The topological polar surface area (TPSA) is 32.3 Å². The zero-order chi connectivity index (χ0) is 14.0. The SMILES string of the molecule is CC(C)N1CCCC[C@H]1c1nc(N(C)C)ncc1I. The molecule has 0 aliphatic carbocycles. The lowest BCUT2D eigenvalue weighted by molar-refractivity contribution is 0.108. The normalized spacial score (nSPS) is 20.8. The van der Waals surface area contributed by atoms with Gasteiger partial charge in [-0.3, -0.25) is 4.90 Å². The summed E-state index contributed by atoms with van der Waals surface area (Å²) in [6.07, 6.45) is 5.76. The lowest BCUT2D eigenvalue weighted by Crippen LogP contribution is -2.39. The Balaban J connectivity index is 2.35. The van der Waals surface area contributed by atoms with Crippen LogP contribution in [-0.2, 0) is 0 Å². The van der Waals surface area contributed by atoms with Crippen LogP contribution in [-0.4, -0.2) is 41.5 Å². The molecule has 0 amide bonds. The molecule has 1 aromatic heterocycles. The van der Waals surface area contributed by atoms with Gasteiger partial charge in [-0.1, -0.05) is 6.42 Å². The van der Waals surface area contributed by atoms with Crippen molar-refractivity contribution >= 4 is 28.5 Å². The predicted octanol–water partition coefficient (Wildman–Crippen LogP) is 3.08. The fraction of sp³-hybridized carbons (Fsp3) is 0.714. The van der Waals surface area contributed by atoms with Gasteiger partial charge in [-0.05, 0) is 55.8 Å². The molecular weight excluding hydrogens is 351 g/mol. The van der Waals surface area contributed by atoms with E-state index in [-0.39, 0.29) is 0 Å². The largest absolute Gasteiger partial charge is 0.347 e. The van der Waals surface area contributed by atoms with Gasteiger partial charge in [0.05, 0.1) is 15.3 Å². The Labute approximate surface area is 129 Å². The number of anilines is 1. The predicted molar refractivity (Wildman–Crippen MR) is 87.5 cm³/mol. The van der Waals surface area contributed by atoms with Crippen LogP contribution in [0.15, 0.2) is 6.20 Å². The zero-order valence-corrected chi connectivity index (χ0v) is 14.4. The van der Waals surface area contributed by atoms with Gasteiger partial charge in [0, 0.05) is 26.3 Å². The molecule has 0 spiro atoms. The van der Waals surface area contributed by atoms with Crippen LogP contribution in [0.5, 0.6) is 0 Å². The van der Waals surface area contributed by atoms with Gasteiger partial charge in [0.15, 0.2) is 0 Å². The summed E-state index contributed by atoms with van der Waals surface area (Å²) < 4.78 is 1.18. The van der Waals surface area contributed by atoms with Crippen LogP contribution < -0.4 is 4.90 Å². The zero-order valence-electron chi connectivity index (χ0n) is 12.2. The Morgan fingerprint density at radius 2 is 2.11 bits per heavy atom. The standard InChI is InChI=1S/C14H23IN4/c1-10(2)19-8-6-5-7-12(19)13-11(15)9-16-14(17-13)18(3)4/h9-10,12H,5-8H2,1-4H3/t12-/m0/s1. The Bertz CT molecular complexity index is 433. The van der Waals surface area contributed by atoms with Gasteiger partial charge in [-0.25, -0.2) is 9.97 Å². The van der Waals surface area contributed by atoms with Gasteiger partial charge < -0.3 is 4.90 Å². The third kappa shape index (κ3) is 3.37. The molecule has 1 aliphatic heterocycles. The number of likely N-dealkylation sites (tertiary alicyclic amines) is 1. The number of aromatic nitrogens is 2. The maximum Gasteiger partial charge on any atom is 0.225 e. The molecule has 1 aromatic rings. The number of nitrogens with zero attached hydrogens (tertiary/aromatic N) is 4. The lowest BCUT2D eigenvalue weighted by atomic mass is 9.97. The molecule has 2 heterocycles. The average molecular weight is 374 g/mol. The van der Waals surface area contributed by atoms with Crippen molar-refractivity contribution < 1.29 is 0 Å². The van der Waals surface area contributed by atoms with E-state index in [1.807, 2.05) is 25.2 Å². The first-order chi connectivity index (χ1) is 9.00. The smallest absolute Gasteiger partial charge is 0.225 e. The van der Waals surface area contributed by atoms with Crippen LogP contribution in [0.4, 0.5) is 5.95 Å².